The number of hydrogen-bond donors (Lipinski definition) is 1. The second kappa shape index (κ2) is 10.8. The number of fused-ring (bicyclic) bond motifs is 1. The van der Waals surface area contributed by atoms with Crippen LogP contribution in [-0.2, 0) is 4.74 Å². The lowest BCUT2D eigenvalue weighted by Crippen LogP contribution is -2.16. The van der Waals surface area contributed by atoms with E-state index in [1.54, 1.807) is 6.07 Å². The number of hydrogen-bond acceptors (Lipinski definition) is 5. The van der Waals surface area contributed by atoms with Gasteiger partial charge in [0.2, 0.25) is 0 Å². The predicted molar refractivity (Wildman–Crippen MR) is 124 cm³/mol. The van der Waals surface area contributed by atoms with Gasteiger partial charge in [0.25, 0.3) is 0 Å². The number of unbranched alkanes of at least 4 members (excludes halogenated alkanes) is 1. The second-order valence-electron chi connectivity index (χ2n) is 7.91. The highest BCUT2D eigenvalue weighted by atomic mass is 16.5. The first kappa shape index (κ1) is 23.3. The molecule has 0 aliphatic heterocycles. The maximum absolute atomic E-state index is 12.8. The number of carbonyl (C=O) groups excluding carboxylic acids is 1. The van der Waals surface area contributed by atoms with Crippen molar-refractivity contribution in [3.05, 3.63) is 65.4 Å². The van der Waals surface area contributed by atoms with Gasteiger partial charge in [-0.2, -0.15) is 0 Å². The number of aryl methyl sites for hydroxylation is 1. The van der Waals surface area contributed by atoms with Crippen LogP contribution in [0.4, 0.5) is 0 Å². The van der Waals surface area contributed by atoms with E-state index in [9.17, 15) is 14.7 Å². The maximum atomic E-state index is 12.8. The number of para-hydroxylation sites is 1. The summed E-state index contributed by atoms with van der Waals surface area (Å²) in [5, 5.41) is 10.5. The van der Waals surface area contributed by atoms with Gasteiger partial charge in [-0.05, 0) is 49.6 Å². The molecule has 0 saturated heterocycles. The Morgan fingerprint density at radius 3 is 2.59 bits per heavy atom. The van der Waals surface area contributed by atoms with Gasteiger partial charge in [-0.15, -0.1) is 0 Å². The number of carboxylic acids is 1. The fourth-order valence-electron chi connectivity index (χ4n) is 3.54. The van der Waals surface area contributed by atoms with Crippen molar-refractivity contribution in [2.45, 2.75) is 46.5 Å². The summed E-state index contributed by atoms with van der Waals surface area (Å²) in [7, 11) is 0. The number of carboxylic acid groups (broad SMARTS) is 1. The number of nitrogens with zero attached hydrogens (tertiary/aromatic N) is 1. The molecule has 1 unspecified atom stereocenters. The smallest absolute Gasteiger partial charge is 0.339 e. The average molecular weight is 436 g/mol. The normalized spacial score (nSPS) is 11.8. The van der Waals surface area contributed by atoms with Crippen molar-refractivity contribution in [3.8, 4) is 11.5 Å². The molecular weight excluding hydrogens is 406 g/mol. The highest BCUT2D eigenvalue weighted by molar-refractivity contribution is 6.02. The molecule has 1 atom stereocenters. The van der Waals surface area contributed by atoms with Crippen molar-refractivity contribution < 1.29 is 24.2 Å². The van der Waals surface area contributed by atoms with E-state index in [1.807, 2.05) is 31.2 Å². The number of esters is 1. The number of pyridine rings is 1. The van der Waals surface area contributed by atoms with Crippen LogP contribution in [0.15, 0.2) is 48.5 Å². The second-order valence-corrected chi connectivity index (χ2v) is 7.91. The van der Waals surface area contributed by atoms with Gasteiger partial charge in [0.05, 0.1) is 17.7 Å². The predicted octanol–water partition coefficient (Wildman–Crippen LogP) is 6.41. The first-order valence-corrected chi connectivity index (χ1v) is 11.0. The zero-order valence-corrected chi connectivity index (χ0v) is 18.8. The fourth-order valence-corrected chi connectivity index (χ4v) is 3.54. The van der Waals surface area contributed by atoms with Gasteiger partial charge < -0.3 is 14.6 Å². The first-order valence-electron chi connectivity index (χ1n) is 11.0. The Hall–Kier alpha value is -3.41. The summed E-state index contributed by atoms with van der Waals surface area (Å²) in [5.41, 5.74) is 1.41. The average Bonchev–Trinajstić information content (AvgIpc) is 2.79. The summed E-state index contributed by atoms with van der Waals surface area (Å²) in [6, 6.07) is 13.8. The standard InChI is InChI=1S/C26H29NO5/c1-4-6-8-18(5-2)16-31-26(30)22-15-20(13-14-21(22)25(28)29)32-23-10-7-9-19-12-11-17(3)27-24(19)23/h7,9-15,18H,4-6,8,16H2,1-3H3,(H,28,29). The summed E-state index contributed by atoms with van der Waals surface area (Å²) >= 11 is 0. The van der Waals surface area contributed by atoms with Gasteiger partial charge >= 0.3 is 11.9 Å². The molecule has 0 bridgehead atoms. The summed E-state index contributed by atoms with van der Waals surface area (Å²) < 4.78 is 11.5. The summed E-state index contributed by atoms with van der Waals surface area (Å²) in [6.07, 6.45) is 4.02. The van der Waals surface area contributed by atoms with Crippen molar-refractivity contribution in [2.75, 3.05) is 6.61 Å². The number of rotatable bonds is 10. The zero-order chi connectivity index (χ0) is 23.1. The molecule has 0 fully saturated rings. The minimum atomic E-state index is -1.19. The van der Waals surface area contributed by atoms with Gasteiger partial charge in [0.15, 0.2) is 5.75 Å². The summed E-state index contributed by atoms with van der Waals surface area (Å²) in [5.74, 6) is -0.717. The molecule has 0 aliphatic carbocycles. The van der Waals surface area contributed by atoms with Gasteiger partial charge in [-0.3, -0.25) is 0 Å². The highest BCUT2D eigenvalue weighted by Crippen LogP contribution is 2.30. The molecule has 6 heteroatoms. The fraction of sp³-hybridized carbons (Fsp3) is 0.346. The van der Waals surface area contributed by atoms with Crippen LogP contribution in [0.3, 0.4) is 0 Å². The topological polar surface area (TPSA) is 85.7 Å². The summed E-state index contributed by atoms with van der Waals surface area (Å²) in [6.45, 7) is 6.35. The highest BCUT2D eigenvalue weighted by Gasteiger charge is 2.21. The van der Waals surface area contributed by atoms with Crippen LogP contribution >= 0.6 is 0 Å². The zero-order valence-electron chi connectivity index (χ0n) is 18.8. The van der Waals surface area contributed by atoms with Crippen LogP contribution in [0.2, 0.25) is 0 Å². The molecule has 1 N–H and O–H groups in total. The molecule has 1 heterocycles. The van der Waals surface area contributed by atoms with Crippen LogP contribution in [-0.4, -0.2) is 28.6 Å². The first-order chi connectivity index (χ1) is 15.4. The van der Waals surface area contributed by atoms with Crippen molar-refractivity contribution in [3.63, 3.8) is 0 Å². The lowest BCUT2D eigenvalue weighted by atomic mass is 10.0. The number of carbonyl (C=O) groups is 2. The quantitative estimate of drug-likeness (QED) is 0.371. The summed E-state index contributed by atoms with van der Waals surface area (Å²) in [4.78, 5) is 29.0. The molecule has 2 aromatic carbocycles. The van der Waals surface area contributed by atoms with E-state index >= 15 is 0 Å². The largest absolute Gasteiger partial charge is 0.478 e. The van der Waals surface area contributed by atoms with Crippen LogP contribution in [0.25, 0.3) is 10.9 Å². The van der Waals surface area contributed by atoms with Gasteiger partial charge in [-0.25, -0.2) is 14.6 Å². The molecule has 6 nitrogen and oxygen atoms in total. The molecule has 0 radical (unpaired) electrons. The van der Waals surface area contributed by atoms with Gasteiger partial charge in [0.1, 0.15) is 11.3 Å². The van der Waals surface area contributed by atoms with Gasteiger partial charge in [0, 0.05) is 11.1 Å². The Labute approximate surface area is 188 Å². The third-order valence-corrected chi connectivity index (χ3v) is 5.49. The van der Waals surface area contributed by atoms with Crippen LogP contribution in [0, 0.1) is 12.8 Å². The SMILES string of the molecule is CCCCC(CC)COC(=O)c1cc(Oc2cccc3ccc(C)nc23)ccc1C(=O)O. The van der Waals surface area contributed by atoms with Crippen molar-refractivity contribution in [1.29, 1.82) is 0 Å². The molecule has 0 amide bonds. The number of benzene rings is 2. The molecule has 0 spiro atoms. The molecule has 0 saturated carbocycles. The third-order valence-electron chi connectivity index (χ3n) is 5.49. The maximum Gasteiger partial charge on any atom is 0.339 e. The molecular formula is C26H29NO5. The van der Waals surface area contributed by atoms with Crippen LogP contribution in [0.1, 0.15) is 65.9 Å². The van der Waals surface area contributed by atoms with E-state index in [-0.39, 0.29) is 23.7 Å². The van der Waals surface area contributed by atoms with Crippen LogP contribution < -0.4 is 4.74 Å². The van der Waals surface area contributed by atoms with E-state index in [4.69, 9.17) is 9.47 Å². The minimum absolute atomic E-state index is 0.0234. The van der Waals surface area contributed by atoms with Crippen LogP contribution in [0.5, 0.6) is 11.5 Å². The minimum Gasteiger partial charge on any atom is -0.478 e. The van der Waals surface area contributed by atoms with E-state index in [1.165, 1.54) is 18.2 Å². The van der Waals surface area contributed by atoms with Crippen molar-refractivity contribution >= 4 is 22.8 Å². The third kappa shape index (κ3) is 5.63. The van der Waals surface area contributed by atoms with E-state index in [2.05, 4.69) is 18.8 Å². The van der Waals surface area contributed by atoms with Gasteiger partial charge in [-0.1, -0.05) is 51.3 Å². The molecule has 1 aromatic heterocycles. The molecule has 0 aliphatic rings. The van der Waals surface area contributed by atoms with E-state index in [0.717, 1.165) is 36.8 Å². The molecule has 3 aromatic rings. The molecule has 168 valence electrons. The Morgan fingerprint density at radius 2 is 1.88 bits per heavy atom. The monoisotopic (exact) mass is 435 g/mol. The Kier molecular flexibility index (Phi) is 7.82. The lowest BCUT2D eigenvalue weighted by Gasteiger charge is -2.16. The molecule has 3 rings (SSSR count). The molecule has 32 heavy (non-hydrogen) atoms. The Bertz CT molecular complexity index is 1110. The van der Waals surface area contributed by atoms with Crippen molar-refractivity contribution in [2.24, 2.45) is 5.92 Å². The number of aromatic carboxylic acids is 1. The van der Waals surface area contributed by atoms with E-state index in [0.29, 0.717) is 17.0 Å². The Balaban J connectivity index is 1.86. The number of aromatic nitrogens is 1. The lowest BCUT2D eigenvalue weighted by molar-refractivity contribution is 0.0420. The van der Waals surface area contributed by atoms with Crippen molar-refractivity contribution in [1.82, 2.24) is 4.98 Å². The number of ether oxygens (including phenoxy) is 2. The van der Waals surface area contributed by atoms with E-state index < -0.39 is 11.9 Å². The Morgan fingerprint density at radius 1 is 1.06 bits per heavy atom.